The van der Waals surface area contributed by atoms with E-state index in [1.54, 1.807) is 0 Å². The largest absolute Gasteiger partial charge is 0.456 e. The molecule has 11 aromatic rings. The van der Waals surface area contributed by atoms with Crippen LogP contribution in [-0.4, -0.2) is 0 Å². The van der Waals surface area contributed by atoms with Crippen molar-refractivity contribution in [1.29, 1.82) is 0 Å². The van der Waals surface area contributed by atoms with E-state index < -0.39 is 0 Å². The maximum atomic E-state index is 6.78. The smallest absolute Gasteiger partial charge is 0.159 e. The Bertz CT molecular complexity index is 3610. The molecule has 0 aliphatic rings. The summed E-state index contributed by atoms with van der Waals surface area (Å²) in [6.45, 7) is 16.3. The third-order valence-electron chi connectivity index (χ3n) is 13.3. The summed E-state index contributed by atoms with van der Waals surface area (Å²) in [5, 5.41) is 10.6. The van der Waals surface area contributed by atoms with Crippen molar-refractivity contribution in [3.63, 3.8) is 0 Å². The Morgan fingerprint density at radius 1 is 0.492 bits per heavy atom. The fourth-order valence-electron chi connectivity index (χ4n) is 10.2. The predicted molar refractivity (Wildman–Crippen MR) is 268 cm³/mol. The molecule has 3 heteroatoms. The van der Waals surface area contributed by atoms with Gasteiger partial charge < -0.3 is 13.7 Å². The van der Waals surface area contributed by atoms with Gasteiger partial charge in [0.15, 0.2) is 5.58 Å². The molecule has 63 heavy (non-hydrogen) atoms. The Balaban J connectivity index is 1.28. The molecule has 3 nitrogen and oxygen atoms in total. The van der Waals surface area contributed by atoms with Gasteiger partial charge in [-0.2, -0.15) is 0 Å². The maximum absolute atomic E-state index is 6.78. The Kier molecular flexibility index (Phi) is 9.31. The molecular formula is C60H49NO2. The van der Waals surface area contributed by atoms with Crippen LogP contribution in [-0.2, 0) is 0 Å². The molecule has 0 bridgehead atoms. The second-order valence-electron chi connectivity index (χ2n) is 17.7. The maximum Gasteiger partial charge on any atom is 0.159 e. The highest BCUT2D eigenvalue weighted by molar-refractivity contribution is 6.21. The van der Waals surface area contributed by atoms with E-state index in [0.717, 1.165) is 72.1 Å². The monoisotopic (exact) mass is 815 g/mol. The number of anilines is 3. The molecular weight excluding hydrogens is 767 g/mol. The zero-order valence-corrected chi connectivity index (χ0v) is 36.4. The molecule has 0 fully saturated rings. The number of hydrogen-bond acceptors (Lipinski definition) is 3. The summed E-state index contributed by atoms with van der Waals surface area (Å²) >= 11 is 0. The zero-order chi connectivity index (χ0) is 42.9. The van der Waals surface area contributed by atoms with Crippen molar-refractivity contribution < 1.29 is 8.83 Å². The number of furan rings is 2. The number of rotatable bonds is 9. The first kappa shape index (κ1) is 38.6. The third kappa shape index (κ3) is 6.17. The van der Waals surface area contributed by atoms with Crippen LogP contribution < -0.4 is 10.1 Å². The van der Waals surface area contributed by atoms with E-state index in [4.69, 9.17) is 15.4 Å². The van der Waals surface area contributed by atoms with Gasteiger partial charge in [-0.25, -0.2) is 0 Å². The van der Waals surface area contributed by atoms with Gasteiger partial charge in [0.2, 0.25) is 0 Å². The van der Waals surface area contributed by atoms with Crippen LogP contribution in [0.5, 0.6) is 0 Å². The summed E-state index contributed by atoms with van der Waals surface area (Å²) in [5.74, 6) is 0.390. The highest BCUT2D eigenvalue weighted by Gasteiger charge is 2.27. The first-order valence-electron chi connectivity index (χ1n) is 22.2. The molecule has 0 radical (unpaired) electrons. The van der Waals surface area contributed by atoms with E-state index in [1.807, 2.05) is 6.07 Å². The average Bonchev–Trinajstić information content (AvgIpc) is 3.90. The number of para-hydroxylation sites is 5. The fraction of sp³-hybridized carbons (Fsp3) is 0.133. The number of nitrogens with zero attached hydrogens (tertiary/aromatic N) is 1. The quantitative estimate of drug-likeness (QED) is 0.145. The van der Waals surface area contributed by atoms with Crippen molar-refractivity contribution in [2.45, 2.75) is 46.5 Å². The van der Waals surface area contributed by atoms with Crippen molar-refractivity contribution in [3.8, 4) is 0 Å². The Morgan fingerprint density at radius 3 is 1.76 bits per heavy atom. The highest BCUT2D eigenvalue weighted by Crippen LogP contribution is 2.49. The summed E-state index contributed by atoms with van der Waals surface area (Å²) in [5.41, 5.74) is 14.0. The molecule has 2 heterocycles. The number of hydrogen-bond donors (Lipinski definition) is 0. The standard InChI is InChI=1S/C60H49NO2/c1-36(2)38(5)42-32-34-49-53(61(41-21-11-8-12-22-41)52-28-18-26-48-45-24-14-16-30-55(45)63-60(48)52)35-51(37(3)4)46-33-31-43(57(42)58(46)49)39(6)56(40-19-9-7-10-20-40)50-27-17-25-47-44-23-13-15-29-54(44)62-59(47)50/h7-37,56H,5H2,1-4,6H3/b43-39+. The molecule has 0 aliphatic carbocycles. The molecule has 306 valence electrons. The molecule has 11 rings (SSSR count). The summed E-state index contributed by atoms with van der Waals surface area (Å²) < 4.78 is 13.6. The Hall–Kier alpha value is -7.36. The fourth-order valence-corrected chi connectivity index (χ4v) is 10.2. The van der Waals surface area contributed by atoms with Gasteiger partial charge in [-0.05, 0) is 98.8 Å². The molecule has 2 aromatic heterocycles. The van der Waals surface area contributed by atoms with E-state index in [1.165, 1.54) is 49.0 Å². The lowest BCUT2D eigenvalue weighted by molar-refractivity contribution is 0.662. The highest BCUT2D eigenvalue weighted by atomic mass is 16.3. The van der Waals surface area contributed by atoms with Crippen LogP contribution in [0.1, 0.15) is 68.7 Å². The van der Waals surface area contributed by atoms with Gasteiger partial charge in [-0.3, -0.25) is 0 Å². The molecule has 0 aliphatic heterocycles. The first-order chi connectivity index (χ1) is 30.8. The predicted octanol–water partition coefficient (Wildman–Crippen LogP) is 16.8. The molecule has 0 amide bonds. The van der Waals surface area contributed by atoms with Gasteiger partial charge in [0.05, 0.1) is 11.4 Å². The van der Waals surface area contributed by atoms with Crippen LogP contribution >= 0.6 is 0 Å². The van der Waals surface area contributed by atoms with Gasteiger partial charge in [-0.15, -0.1) is 0 Å². The van der Waals surface area contributed by atoms with Gasteiger partial charge in [0, 0.05) is 44.1 Å². The van der Waals surface area contributed by atoms with Crippen LogP contribution in [0.25, 0.3) is 76.6 Å². The normalized spacial score (nSPS) is 13.1. The molecule has 0 N–H and O–H groups in total. The lowest BCUT2D eigenvalue weighted by Gasteiger charge is -2.30. The van der Waals surface area contributed by atoms with Crippen LogP contribution in [0.3, 0.4) is 0 Å². The van der Waals surface area contributed by atoms with Crippen LogP contribution in [0.4, 0.5) is 17.1 Å². The topological polar surface area (TPSA) is 29.5 Å². The lowest BCUT2D eigenvalue weighted by atomic mass is 9.80. The molecule has 1 atom stereocenters. The van der Waals surface area contributed by atoms with Crippen molar-refractivity contribution in [2.75, 3.05) is 4.90 Å². The number of allylic oxidation sites excluding steroid dienone is 1. The second kappa shape index (κ2) is 15.2. The van der Waals surface area contributed by atoms with E-state index in [2.05, 4.69) is 209 Å². The average molecular weight is 816 g/mol. The van der Waals surface area contributed by atoms with Gasteiger partial charge in [0.25, 0.3) is 0 Å². The van der Waals surface area contributed by atoms with E-state index in [0.29, 0.717) is 0 Å². The minimum absolute atomic E-state index is 0.0914. The summed E-state index contributed by atoms with van der Waals surface area (Å²) in [7, 11) is 0. The second-order valence-corrected chi connectivity index (χ2v) is 17.7. The van der Waals surface area contributed by atoms with Gasteiger partial charge in [-0.1, -0.05) is 179 Å². The van der Waals surface area contributed by atoms with Crippen molar-refractivity contribution in [3.05, 3.63) is 210 Å². The van der Waals surface area contributed by atoms with Crippen LogP contribution in [0, 0.1) is 5.92 Å². The molecule has 1 unspecified atom stereocenters. The summed E-state index contributed by atoms with van der Waals surface area (Å²) in [6.07, 6.45) is 0. The molecule has 0 spiro atoms. The zero-order valence-electron chi connectivity index (χ0n) is 36.4. The Morgan fingerprint density at radius 2 is 1.08 bits per heavy atom. The number of fused-ring (bicyclic) bond motifs is 6. The van der Waals surface area contributed by atoms with Gasteiger partial charge in [0.1, 0.15) is 16.7 Å². The van der Waals surface area contributed by atoms with Gasteiger partial charge >= 0.3 is 0 Å². The van der Waals surface area contributed by atoms with Crippen molar-refractivity contribution in [2.24, 2.45) is 5.92 Å². The van der Waals surface area contributed by atoms with Crippen molar-refractivity contribution >= 4 is 93.6 Å². The molecule has 0 saturated carbocycles. The van der Waals surface area contributed by atoms with E-state index in [9.17, 15) is 0 Å². The van der Waals surface area contributed by atoms with Crippen LogP contribution in [0.2, 0.25) is 0 Å². The minimum Gasteiger partial charge on any atom is -0.456 e. The number of benzene rings is 9. The van der Waals surface area contributed by atoms with Crippen LogP contribution in [0.15, 0.2) is 191 Å². The van der Waals surface area contributed by atoms with E-state index >= 15 is 0 Å². The summed E-state index contributed by atoms with van der Waals surface area (Å²) in [4.78, 5) is 2.42. The SMILES string of the molecule is C=C(c1ccc2c(N(c3ccccc3)c3cccc4c3oc3ccccc34)cc(C(C)C)c3cc/c(=C(/C)C(c4ccccc4)c4cccc5c4oc4ccccc45)c1c32)C(C)C. The molecule has 0 saturated heterocycles. The van der Waals surface area contributed by atoms with Crippen molar-refractivity contribution in [1.82, 2.24) is 0 Å². The minimum atomic E-state index is -0.0914. The lowest BCUT2D eigenvalue weighted by Crippen LogP contribution is -2.17. The Labute approximate surface area is 368 Å². The third-order valence-corrected chi connectivity index (χ3v) is 13.3. The summed E-state index contributed by atoms with van der Waals surface area (Å²) in [6, 6.07) is 63.4. The van der Waals surface area contributed by atoms with E-state index in [-0.39, 0.29) is 17.8 Å². The molecule has 9 aromatic carbocycles. The first-order valence-corrected chi connectivity index (χ1v) is 22.2.